The van der Waals surface area contributed by atoms with Crippen LogP contribution in [-0.4, -0.2) is 10.8 Å². The van der Waals surface area contributed by atoms with Crippen molar-refractivity contribution in [1.29, 1.82) is 0 Å². The second kappa shape index (κ2) is 4.96. The largest absolute Gasteiger partial charge is 0.289 e. The number of hydrogen-bond acceptors (Lipinski definition) is 2. The highest BCUT2D eigenvalue weighted by Gasteiger charge is 2.15. The molecule has 2 nitrogen and oxygen atoms in total. The van der Waals surface area contributed by atoms with Gasteiger partial charge in [-0.3, -0.25) is 9.78 Å². The van der Waals surface area contributed by atoms with Crippen LogP contribution in [0.3, 0.4) is 0 Å². The average Bonchev–Trinajstić information content (AvgIpc) is 2.32. The van der Waals surface area contributed by atoms with Gasteiger partial charge in [-0.15, -0.1) is 0 Å². The fraction of sp³-hybridized carbons (Fsp3) is 0.143. The molecule has 0 bridgehead atoms. The average molecular weight is 337 g/mol. The highest BCUT2D eigenvalue weighted by atomic mass is 127. The molecule has 0 aliphatic rings. The molecule has 0 aliphatic carbocycles. The molecule has 0 saturated carbocycles. The maximum atomic E-state index is 12.4. The van der Waals surface area contributed by atoms with E-state index in [9.17, 15) is 4.79 Å². The Morgan fingerprint density at radius 2 is 1.88 bits per heavy atom. The maximum absolute atomic E-state index is 12.4. The molecule has 0 radical (unpaired) electrons. The highest BCUT2D eigenvalue weighted by Crippen LogP contribution is 2.20. The molecule has 0 saturated heterocycles. The van der Waals surface area contributed by atoms with Gasteiger partial charge in [-0.05, 0) is 59.7 Å². The van der Waals surface area contributed by atoms with Gasteiger partial charge < -0.3 is 0 Å². The summed E-state index contributed by atoms with van der Waals surface area (Å²) in [6.45, 7) is 3.94. The summed E-state index contributed by atoms with van der Waals surface area (Å²) in [6, 6.07) is 7.64. The van der Waals surface area contributed by atoms with Crippen LogP contribution in [0.25, 0.3) is 0 Å². The Hall–Kier alpha value is -1.23. The molecule has 0 fully saturated rings. The standard InChI is InChI=1S/C14H12INO/c1-9-6-7-16-8-12(9)14(17)11-5-3-4-10(2)13(11)15/h3-8H,1-2H3. The SMILES string of the molecule is Cc1ccncc1C(=O)c1cccc(C)c1I. The third kappa shape index (κ3) is 2.39. The summed E-state index contributed by atoms with van der Waals surface area (Å²) in [6.07, 6.45) is 3.34. The minimum absolute atomic E-state index is 0.0451. The van der Waals surface area contributed by atoms with Gasteiger partial charge in [0.1, 0.15) is 0 Å². The molecule has 0 aliphatic heterocycles. The molecule has 2 rings (SSSR count). The predicted molar refractivity (Wildman–Crippen MR) is 76.3 cm³/mol. The van der Waals surface area contributed by atoms with Gasteiger partial charge in [-0.1, -0.05) is 12.1 Å². The number of rotatable bonds is 2. The number of benzene rings is 1. The monoisotopic (exact) mass is 337 g/mol. The molecule has 86 valence electrons. The second-order valence-corrected chi connectivity index (χ2v) is 5.03. The fourth-order valence-corrected chi connectivity index (χ4v) is 2.27. The van der Waals surface area contributed by atoms with E-state index in [0.717, 1.165) is 20.3 Å². The van der Waals surface area contributed by atoms with E-state index in [2.05, 4.69) is 27.6 Å². The third-order valence-electron chi connectivity index (χ3n) is 2.72. The van der Waals surface area contributed by atoms with Gasteiger partial charge in [0.25, 0.3) is 0 Å². The summed E-state index contributed by atoms with van der Waals surface area (Å²) in [5, 5.41) is 0. The van der Waals surface area contributed by atoms with Gasteiger partial charge in [0.2, 0.25) is 0 Å². The van der Waals surface area contributed by atoms with Gasteiger partial charge >= 0.3 is 0 Å². The smallest absolute Gasteiger partial charge is 0.195 e. The maximum Gasteiger partial charge on any atom is 0.195 e. The predicted octanol–water partition coefficient (Wildman–Crippen LogP) is 3.53. The number of carbonyl (C=O) groups is 1. The summed E-state index contributed by atoms with van der Waals surface area (Å²) in [7, 11) is 0. The molecule has 17 heavy (non-hydrogen) atoms. The minimum Gasteiger partial charge on any atom is -0.289 e. The molecule has 3 heteroatoms. The molecule has 2 aromatic rings. The Morgan fingerprint density at radius 1 is 1.12 bits per heavy atom. The van der Waals surface area contributed by atoms with E-state index < -0.39 is 0 Å². The van der Waals surface area contributed by atoms with Crippen molar-refractivity contribution in [2.24, 2.45) is 0 Å². The first-order valence-electron chi connectivity index (χ1n) is 5.31. The van der Waals surface area contributed by atoms with Crippen molar-refractivity contribution in [3.8, 4) is 0 Å². The second-order valence-electron chi connectivity index (χ2n) is 3.96. The Labute approximate surface area is 114 Å². The van der Waals surface area contributed by atoms with Crippen LogP contribution in [0, 0.1) is 17.4 Å². The number of nitrogens with zero attached hydrogens (tertiary/aromatic N) is 1. The number of hydrogen-bond donors (Lipinski definition) is 0. The molecule has 1 aromatic heterocycles. The van der Waals surface area contributed by atoms with E-state index in [1.165, 1.54) is 0 Å². The molecule has 0 N–H and O–H groups in total. The summed E-state index contributed by atoms with van der Waals surface area (Å²) >= 11 is 2.22. The topological polar surface area (TPSA) is 30.0 Å². The third-order valence-corrected chi connectivity index (χ3v) is 4.15. The van der Waals surface area contributed by atoms with Crippen molar-refractivity contribution in [2.45, 2.75) is 13.8 Å². The zero-order chi connectivity index (χ0) is 12.4. The Bertz CT molecular complexity index is 578. The Balaban J connectivity index is 2.52. The van der Waals surface area contributed by atoms with Crippen molar-refractivity contribution in [3.05, 3.63) is 62.5 Å². The molecule has 0 unspecified atom stereocenters. The van der Waals surface area contributed by atoms with E-state index in [0.29, 0.717) is 5.56 Å². The Kier molecular flexibility index (Phi) is 3.57. The van der Waals surface area contributed by atoms with Crippen LogP contribution >= 0.6 is 22.6 Å². The van der Waals surface area contributed by atoms with Crippen LogP contribution in [0.4, 0.5) is 0 Å². The zero-order valence-electron chi connectivity index (χ0n) is 9.70. The van der Waals surface area contributed by atoms with Crippen molar-refractivity contribution in [2.75, 3.05) is 0 Å². The lowest BCUT2D eigenvalue weighted by Crippen LogP contribution is -2.07. The van der Waals surface area contributed by atoms with Gasteiger partial charge in [0.15, 0.2) is 5.78 Å². The summed E-state index contributed by atoms with van der Waals surface area (Å²) in [5.74, 6) is 0.0451. The van der Waals surface area contributed by atoms with Crippen LogP contribution in [0.1, 0.15) is 27.0 Å². The van der Waals surface area contributed by atoms with E-state index in [1.807, 2.05) is 38.1 Å². The van der Waals surface area contributed by atoms with Crippen LogP contribution in [0.2, 0.25) is 0 Å². The number of aryl methyl sites for hydroxylation is 2. The number of pyridine rings is 1. The van der Waals surface area contributed by atoms with Gasteiger partial charge in [-0.2, -0.15) is 0 Å². The normalized spacial score (nSPS) is 10.3. The van der Waals surface area contributed by atoms with E-state index in [1.54, 1.807) is 12.4 Å². The van der Waals surface area contributed by atoms with Crippen LogP contribution < -0.4 is 0 Å². The van der Waals surface area contributed by atoms with Crippen LogP contribution in [0.15, 0.2) is 36.7 Å². The van der Waals surface area contributed by atoms with Gasteiger partial charge in [-0.25, -0.2) is 0 Å². The van der Waals surface area contributed by atoms with E-state index in [-0.39, 0.29) is 5.78 Å². The Morgan fingerprint density at radius 3 is 2.59 bits per heavy atom. The summed E-state index contributed by atoms with van der Waals surface area (Å²) in [4.78, 5) is 16.4. The summed E-state index contributed by atoms with van der Waals surface area (Å²) in [5.41, 5.74) is 3.51. The first kappa shape index (κ1) is 12.2. The van der Waals surface area contributed by atoms with Crippen LogP contribution in [0.5, 0.6) is 0 Å². The number of carbonyl (C=O) groups excluding carboxylic acids is 1. The molecule has 1 heterocycles. The van der Waals surface area contributed by atoms with E-state index >= 15 is 0 Å². The number of aromatic nitrogens is 1. The molecule has 0 spiro atoms. The first-order valence-corrected chi connectivity index (χ1v) is 6.39. The lowest BCUT2D eigenvalue weighted by molar-refractivity contribution is 0.103. The van der Waals surface area contributed by atoms with Crippen molar-refractivity contribution < 1.29 is 4.79 Å². The molecule has 1 aromatic carbocycles. The van der Waals surface area contributed by atoms with Crippen LogP contribution in [-0.2, 0) is 0 Å². The molecular weight excluding hydrogens is 325 g/mol. The van der Waals surface area contributed by atoms with E-state index in [4.69, 9.17) is 0 Å². The fourth-order valence-electron chi connectivity index (χ4n) is 1.67. The van der Waals surface area contributed by atoms with Gasteiger partial charge in [0.05, 0.1) is 0 Å². The highest BCUT2D eigenvalue weighted by molar-refractivity contribution is 14.1. The van der Waals surface area contributed by atoms with Crippen molar-refractivity contribution in [3.63, 3.8) is 0 Å². The quantitative estimate of drug-likeness (QED) is 0.620. The molecular formula is C14H12INO. The lowest BCUT2D eigenvalue weighted by atomic mass is 10.00. The van der Waals surface area contributed by atoms with Crippen molar-refractivity contribution in [1.82, 2.24) is 4.98 Å². The van der Waals surface area contributed by atoms with Crippen molar-refractivity contribution >= 4 is 28.4 Å². The first-order chi connectivity index (χ1) is 8.11. The molecule has 0 amide bonds. The minimum atomic E-state index is 0.0451. The molecule has 0 atom stereocenters. The van der Waals surface area contributed by atoms with Gasteiger partial charge in [0, 0.05) is 27.1 Å². The number of halogens is 1. The lowest BCUT2D eigenvalue weighted by Gasteiger charge is -2.07. The zero-order valence-corrected chi connectivity index (χ0v) is 11.9. The number of ketones is 1. The summed E-state index contributed by atoms with van der Waals surface area (Å²) < 4.78 is 1.01.